The lowest BCUT2D eigenvalue weighted by molar-refractivity contribution is 0.0731. The Labute approximate surface area is 147 Å². The number of hydrogen-bond donors (Lipinski definition) is 3. The van der Waals surface area contributed by atoms with Crippen molar-refractivity contribution in [2.75, 3.05) is 12.3 Å². The Morgan fingerprint density at radius 3 is 3.04 bits per heavy atom. The number of nitrogens with two attached hydrogens (primary N) is 1. The first-order valence-electron chi connectivity index (χ1n) is 7.96. The molecule has 25 heavy (non-hydrogen) atoms. The number of nitrogens with zero attached hydrogens (tertiary/aromatic N) is 2. The fraction of sp³-hybridized carbons (Fsp3) is 0.294. The lowest BCUT2D eigenvalue weighted by atomic mass is 10.1. The first-order chi connectivity index (χ1) is 11.9. The molecule has 6 nitrogen and oxygen atoms in total. The van der Waals surface area contributed by atoms with Crippen molar-refractivity contribution in [2.24, 2.45) is 0 Å². The Hall–Kier alpha value is -2.45. The number of H-pyrrole nitrogens is 1. The van der Waals surface area contributed by atoms with Crippen LogP contribution in [0, 0.1) is 5.82 Å². The van der Waals surface area contributed by atoms with Crippen molar-refractivity contribution in [1.29, 1.82) is 0 Å². The van der Waals surface area contributed by atoms with E-state index in [0.717, 1.165) is 10.6 Å². The van der Waals surface area contributed by atoms with Crippen LogP contribution in [0.25, 0.3) is 10.9 Å². The van der Waals surface area contributed by atoms with Gasteiger partial charge in [-0.3, -0.25) is 4.79 Å². The quantitative estimate of drug-likeness (QED) is 0.655. The number of carbonyl (C=O) groups is 1. The molecular weight excluding hydrogens is 343 g/mol. The van der Waals surface area contributed by atoms with Crippen molar-refractivity contribution in [2.45, 2.75) is 26.0 Å². The van der Waals surface area contributed by atoms with Crippen molar-refractivity contribution in [3.8, 4) is 0 Å². The van der Waals surface area contributed by atoms with E-state index in [2.05, 4.69) is 9.97 Å². The van der Waals surface area contributed by atoms with Crippen molar-refractivity contribution in [1.82, 2.24) is 14.9 Å². The molecule has 1 atom stereocenters. The van der Waals surface area contributed by atoms with Crippen LogP contribution in [0.1, 0.15) is 39.7 Å². The number of rotatable bonds is 2. The van der Waals surface area contributed by atoms with E-state index in [-0.39, 0.29) is 5.91 Å². The molecule has 0 saturated carbocycles. The molecule has 1 amide bonds. The first kappa shape index (κ1) is 16.0. The van der Waals surface area contributed by atoms with Crippen LogP contribution in [-0.4, -0.2) is 32.4 Å². The number of amides is 1. The summed E-state index contributed by atoms with van der Waals surface area (Å²) in [6.07, 6.45) is -0.155. The fourth-order valence-electron chi connectivity index (χ4n) is 3.25. The summed E-state index contributed by atoms with van der Waals surface area (Å²) in [6.45, 7) is 2.60. The van der Waals surface area contributed by atoms with Crippen molar-refractivity contribution < 1.29 is 14.3 Å². The number of nitrogen functional groups attached to an aromatic ring is 1. The van der Waals surface area contributed by atoms with Gasteiger partial charge in [-0.05, 0) is 30.7 Å². The van der Waals surface area contributed by atoms with E-state index in [1.165, 1.54) is 23.5 Å². The monoisotopic (exact) mass is 360 g/mol. The summed E-state index contributed by atoms with van der Waals surface area (Å²) >= 11 is 1.40. The third-order valence-corrected chi connectivity index (χ3v) is 5.36. The van der Waals surface area contributed by atoms with E-state index >= 15 is 0 Å². The molecule has 0 saturated heterocycles. The van der Waals surface area contributed by atoms with Crippen LogP contribution in [0.4, 0.5) is 9.52 Å². The molecule has 1 aliphatic rings. The Kier molecular flexibility index (Phi) is 3.73. The third-order valence-electron chi connectivity index (χ3n) is 4.45. The molecule has 1 unspecified atom stereocenters. The highest BCUT2D eigenvalue weighted by Gasteiger charge is 2.26. The van der Waals surface area contributed by atoms with Crippen LogP contribution in [-0.2, 0) is 13.0 Å². The number of aromatic amines is 1. The maximum atomic E-state index is 13.7. The smallest absolute Gasteiger partial charge is 0.270 e. The molecule has 1 aromatic carbocycles. The van der Waals surface area contributed by atoms with E-state index in [1.807, 2.05) is 0 Å². The Balaban J connectivity index is 1.68. The second kappa shape index (κ2) is 5.82. The minimum Gasteiger partial charge on any atom is -0.389 e. The molecule has 0 bridgehead atoms. The highest BCUT2D eigenvalue weighted by Crippen LogP contribution is 2.29. The average molecular weight is 360 g/mol. The van der Waals surface area contributed by atoms with Gasteiger partial charge >= 0.3 is 0 Å². The van der Waals surface area contributed by atoms with Gasteiger partial charge in [-0.25, -0.2) is 9.37 Å². The normalized spacial score (nSPS) is 15.4. The van der Waals surface area contributed by atoms with Crippen LogP contribution in [0.3, 0.4) is 0 Å². The van der Waals surface area contributed by atoms with Gasteiger partial charge in [0.05, 0.1) is 18.3 Å². The molecule has 0 radical (unpaired) electrons. The molecule has 3 heterocycles. The number of carbonyl (C=O) groups excluding carboxylic acids is 1. The van der Waals surface area contributed by atoms with Crippen LogP contribution in [0.15, 0.2) is 18.2 Å². The van der Waals surface area contributed by atoms with E-state index in [4.69, 9.17) is 5.73 Å². The average Bonchev–Trinajstić information content (AvgIpc) is 3.14. The number of anilines is 1. The standard InChI is InChI=1S/C17H17FN4O2S/c1-8(23)10-4-9(18)5-13-11(10)6-14(20-13)16(24)22-3-2-12-15(7-22)25-17(19)21-12/h4-6,8,20,23H,2-3,7H2,1H3,(H2,19,21). The number of thiazole rings is 1. The minimum atomic E-state index is -0.824. The number of fused-ring (bicyclic) bond motifs is 2. The van der Waals surface area contributed by atoms with Crippen molar-refractivity contribution >= 4 is 33.3 Å². The largest absolute Gasteiger partial charge is 0.389 e. The van der Waals surface area contributed by atoms with E-state index in [1.54, 1.807) is 17.9 Å². The van der Waals surface area contributed by atoms with Gasteiger partial charge in [0.2, 0.25) is 0 Å². The van der Waals surface area contributed by atoms with Gasteiger partial charge in [0.25, 0.3) is 5.91 Å². The summed E-state index contributed by atoms with van der Waals surface area (Å²) in [4.78, 5) is 22.8. The number of nitrogens with one attached hydrogen (secondary N) is 1. The molecule has 2 aromatic heterocycles. The maximum absolute atomic E-state index is 13.7. The lowest BCUT2D eigenvalue weighted by Gasteiger charge is -2.25. The molecule has 4 rings (SSSR count). The zero-order valence-electron chi connectivity index (χ0n) is 13.5. The zero-order valence-corrected chi connectivity index (χ0v) is 14.4. The highest BCUT2D eigenvalue weighted by molar-refractivity contribution is 7.15. The predicted octanol–water partition coefficient (Wildman–Crippen LogP) is 2.60. The predicted molar refractivity (Wildman–Crippen MR) is 93.9 cm³/mol. The third kappa shape index (κ3) is 2.77. The topological polar surface area (TPSA) is 95.2 Å². The number of hydrogen-bond acceptors (Lipinski definition) is 5. The number of halogens is 1. The van der Waals surface area contributed by atoms with Gasteiger partial charge in [-0.2, -0.15) is 0 Å². The SMILES string of the molecule is CC(O)c1cc(F)cc2[nH]c(C(=O)N3CCc4nc(N)sc4C3)cc12. The van der Waals surface area contributed by atoms with Gasteiger partial charge in [-0.1, -0.05) is 0 Å². The molecule has 130 valence electrons. The van der Waals surface area contributed by atoms with E-state index in [0.29, 0.717) is 46.8 Å². The fourth-order valence-corrected chi connectivity index (χ4v) is 4.14. The van der Waals surface area contributed by atoms with Gasteiger partial charge in [-0.15, -0.1) is 11.3 Å². The number of aliphatic hydroxyl groups is 1. The molecule has 0 fully saturated rings. The molecule has 0 aliphatic carbocycles. The number of aliphatic hydroxyl groups excluding tert-OH is 1. The summed E-state index contributed by atoms with van der Waals surface area (Å²) in [5.41, 5.74) is 8.04. The minimum absolute atomic E-state index is 0.161. The molecular formula is C17H17FN4O2S. The van der Waals surface area contributed by atoms with Gasteiger partial charge < -0.3 is 20.7 Å². The summed E-state index contributed by atoms with van der Waals surface area (Å²) in [6, 6.07) is 4.30. The van der Waals surface area contributed by atoms with E-state index < -0.39 is 11.9 Å². The van der Waals surface area contributed by atoms with Gasteiger partial charge in [0, 0.05) is 28.7 Å². The zero-order chi connectivity index (χ0) is 17.7. The van der Waals surface area contributed by atoms with Crippen LogP contribution < -0.4 is 5.73 Å². The van der Waals surface area contributed by atoms with Crippen molar-refractivity contribution in [3.63, 3.8) is 0 Å². The lowest BCUT2D eigenvalue weighted by Crippen LogP contribution is -2.35. The van der Waals surface area contributed by atoms with Crippen LogP contribution in [0.5, 0.6) is 0 Å². The molecule has 8 heteroatoms. The Morgan fingerprint density at radius 2 is 2.28 bits per heavy atom. The second-order valence-electron chi connectivity index (χ2n) is 6.21. The molecule has 1 aliphatic heterocycles. The summed E-state index contributed by atoms with van der Waals surface area (Å²) in [5, 5.41) is 11.0. The summed E-state index contributed by atoms with van der Waals surface area (Å²) < 4.78 is 13.7. The van der Waals surface area contributed by atoms with E-state index in [9.17, 15) is 14.3 Å². The molecule has 4 N–H and O–H groups in total. The Bertz CT molecular complexity index is 979. The first-order valence-corrected chi connectivity index (χ1v) is 8.77. The van der Waals surface area contributed by atoms with Crippen molar-refractivity contribution in [3.05, 3.63) is 45.8 Å². The number of benzene rings is 1. The van der Waals surface area contributed by atoms with Gasteiger partial charge in [0.1, 0.15) is 11.5 Å². The molecule has 3 aromatic rings. The molecule has 0 spiro atoms. The Morgan fingerprint density at radius 1 is 1.48 bits per heavy atom. The van der Waals surface area contributed by atoms with Crippen LogP contribution in [0.2, 0.25) is 0 Å². The highest BCUT2D eigenvalue weighted by atomic mass is 32.1. The summed E-state index contributed by atoms with van der Waals surface area (Å²) in [7, 11) is 0. The number of aromatic nitrogens is 2. The second-order valence-corrected chi connectivity index (χ2v) is 7.33. The van der Waals surface area contributed by atoms with Crippen LogP contribution >= 0.6 is 11.3 Å². The van der Waals surface area contributed by atoms with Gasteiger partial charge in [0.15, 0.2) is 5.13 Å². The maximum Gasteiger partial charge on any atom is 0.270 e. The summed E-state index contributed by atoms with van der Waals surface area (Å²) in [5.74, 6) is -0.613.